The first-order valence-electron chi connectivity index (χ1n) is 5.87. The van der Waals surface area contributed by atoms with E-state index in [1.165, 1.54) is 0 Å². The summed E-state index contributed by atoms with van der Waals surface area (Å²) in [6.07, 6.45) is 3.34. The van der Waals surface area contributed by atoms with Crippen LogP contribution in [0.2, 0.25) is 0 Å². The summed E-state index contributed by atoms with van der Waals surface area (Å²) in [5, 5.41) is 8.21. The molecular formula is C15H14N4. The Labute approximate surface area is 112 Å². The van der Waals surface area contributed by atoms with Gasteiger partial charge in [0.05, 0.1) is 11.2 Å². The summed E-state index contributed by atoms with van der Waals surface area (Å²) < 4.78 is 1.75. The van der Waals surface area contributed by atoms with Gasteiger partial charge in [-0.15, -0.1) is 5.10 Å². The fourth-order valence-corrected chi connectivity index (χ4v) is 1.61. The first-order chi connectivity index (χ1) is 9.26. The maximum atomic E-state index is 4.27. The second kappa shape index (κ2) is 5.78. The molecule has 0 N–H and O–H groups in total. The van der Waals surface area contributed by atoms with Gasteiger partial charge < -0.3 is 0 Å². The molecule has 0 amide bonds. The number of para-hydroxylation sites is 1. The molecule has 1 aromatic carbocycles. The summed E-state index contributed by atoms with van der Waals surface area (Å²) in [5.74, 6) is 5.65. The summed E-state index contributed by atoms with van der Waals surface area (Å²) in [5.41, 5.74) is 3.31. The van der Waals surface area contributed by atoms with Gasteiger partial charge in [0.25, 0.3) is 0 Å². The first-order valence-corrected chi connectivity index (χ1v) is 5.87. The molecule has 2 rings (SSSR count). The van der Waals surface area contributed by atoms with Crippen molar-refractivity contribution in [3.8, 4) is 11.8 Å². The fourth-order valence-electron chi connectivity index (χ4n) is 1.61. The molecule has 1 heterocycles. The van der Waals surface area contributed by atoms with Crippen LogP contribution in [0.5, 0.6) is 0 Å². The minimum Gasteiger partial charge on any atom is -0.246 e. The molecule has 0 aliphatic carbocycles. The van der Waals surface area contributed by atoms with Gasteiger partial charge >= 0.3 is 0 Å². The monoisotopic (exact) mass is 250 g/mol. The zero-order valence-electron chi connectivity index (χ0n) is 11.0. The third-order valence-corrected chi connectivity index (χ3v) is 2.52. The van der Waals surface area contributed by atoms with E-state index in [0.717, 1.165) is 16.7 Å². The van der Waals surface area contributed by atoms with Crippen molar-refractivity contribution in [1.82, 2.24) is 15.0 Å². The summed E-state index contributed by atoms with van der Waals surface area (Å²) >= 11 is 0. The van der Waals surface area contributed by atoms with Crippen LogP contribution in [0.1, 0.15) is 13.8 Å². The van der Waals surface area contributed by atoms with Gasteiger partial charge in [-0.3, -0.25) is 0 Å². The van der Waals surface area contributed by atoms with Crippen LogP contribution in [0, 0.1) is 11.8 Å². The highest BCUT2D eigenvalue weighted by Crippen LogP contribution is 2.14. The van der Waals surface area contributed by atoms with Crippen LogP contribution in [-0.2, 0) is 0 Å². The van der Waals surface area contributed by atoms with Crippen LogP contribution >= 0.6 is 0 Å². The van der Waals surface area contributed by atoms with E-state index in [4.69, 9.17) is 0 Å². The molecule has 4 heteroatoms. The van der Waals surface area contributed by atoms with Gasteiger partial charge in [0.15, 0.2) is 0 Å². The van der Waals surface area contributed by atoms with E-state index in [2.05, 4.69) is 33.7 Å². The molecule has 0 atom stereocenters. The van der Waals surface area contributed by atoms with Crippen molar-refractivity contribution in [2.75, 3.05) is 0 Å². The van der Waals surface area contributed by atoms with E-state index < -0.39 is 0 Å². The van der Waals surface area contributed by atoms with Gasteiger partial charge in [-0.05, 0) is 38.0 Å². The van der Waals surface area contributed by atoms with E-state index in [-0.39, 0.29) is 0 Å². The molecule has 0 saturated carbocycles. The number of aromatic nitrogens is 3. The third-order valence-electron chi connectivity index (χ3n) is 2.52. The third kappa shape index (κ3) is 2.78. The quantitative estimate of drug-likeness (QED) is 0.621. The number of rotatable bonds is 3. The van der Waals surface area contributed by atoms with E-state index in [1.54, 1.807) is 23.9 Å². The Kier molecular flexibility index (Phi) is 3.89. The van der Waals surface area contributed by atoms with Crippen molar-refractivity contribution in [1.29, 1.82) is 0 Å². The lowest BCUT2D eigenvalue weighted by molar-refractivity contribution is 0.833. The molecule has 0 bridgehead atoms. The van der Waals surface area contributed by atoms with Crippen molar-refractivity contribution in [2.24, 2.45) is 4.99 Å². The van der Waals surface area contributed by atoms with Crippen molar-refractivity contribution in [2.45, 2.75) is 13.8 Å². The van der Waals surface area contributed by atoms with Gasteiger partial charge in [0.1, 0.15) is 11.2 Å². The molecule has 1 aromatic heterocycles. The second-order valence-electron chi connectivity index (χ2n) is 3.85. The Bertz CT molecular complexity index is 723. The molecule has 0 fully saturated rings. The lowest BCUT2D eigenvalue weighted by Crippen LogP contribution is -1.96. The van der Waals surface area contributed by atoms with E-state index in [1.807, 2.05) is 31.2 Å². The Morgan fingerprint density at radius 1 is 1.42 bits per heavy atom. The normalized spacial score (nSPS) is 12.1. The Morgan fingerprint density at radius 3 is 2.95 bits per heavy atom. The standard InChI is InChI=1S/C15H14N4/c1-4-8-13(5-2)16-11-12(3)19-15-10-7-6-9-14(15)17-18-19/h5-7,9-11H,2H2,1,3H3/b12-11+,16-13+. The topological polar surface area (TPSA) is 43.1 Å². The number of hydrogen-bond acceptors (Lipinski definition) is 3. The van der Waals surface area contributed by atoms with Crippen LogP contribution in [0.15, 0.2) is 48.1 Å². The highest BCUT2D eigenvalue weighted by molar-refractivity contribution is 6.08. The van der Waals surface area contributed by atoms with E-state index in [0.29, 0.717) is 5.71 Å². The molecule has 0 saturated heterocycles. The lowest BCUT2D eigenvalue weighted by atomic mass is 10.3. The predicted molar refractivity (Wildman–Crippen MR) is 78.6 cm³/mol. The Hall–Kier alpha value is -2.67. The Balaban J connectivity index is 2.40. The van der Waals surface area contributed by atoms with Crippen molar-refractivity contribution in [3.05, 3.63) is 43.1 Å². The number of hydrogen-bond donors (Lipinski definition) is 0. The van der Waals surface area contributed by atoms with Crippen LogP contribution < -0.4 is 0 Å². The molecule has 0 aliphatic rings. The molecule has 19 heavy (non-hydrogen) atoms. The van der Waals surface area contributed by atoms with Crippen LogP contribution in [-0.4, -0.2) is 20.7 Å². The molecular weight excluding hydrogens is 236 g/mol. The number of benzene rings is 1. The van der Waals surface area contributed by atoms with Crippen LogP contribution in [0.4, 0.5) is 0 Å². The molecule has 4 nitrogen and oxygen atoms in total. The van der Waals surface area contributed by atoms with E-state index >= 15 is 0 Å². The molecule has 0 radical (unpaired) electrons. The van der Waals surface area contributed by atoms with Gasteiger partial charge in [-0.1, -0.05) is 29.8 Å². The molecule has 2 aromatic rings. The van der Waals surface area contributed by atoms with Gasteiger partial charge in [0, 0.05) is 6.20 Å². The minimum atomic E-state index is 0.631. The lowest BCUT2D eigenvalue weighted by Gasteiger charge is -1.99. The SMILES string of the molecule is C=C/C(C#CC)=N\C=C(/C)n1nnc2ccccc21. The van der Waals surface area contributed by atoms with E-state index in [9.17, 15) is 0 Å². The maximum absolute atomic E-state index is 4.27. The first kappa shape index (κ1) is 12.8. The number of fused-ring (bicyclic) bond motifs is 1. The van der Waals surface area contributed by atoms with Gasteiger partial charge in [-0.2, -0.15) is 0 Å². The number of aliphatic imine (C=N–C) groups is 1. The van der Waals surface area contributed by atoms with Gasteiger partial charge in [0.2, 0.25) is 0 Å². The summed E-state index contributed by atoms with van der Waals surface area (Å²) in [7, 11) is 0. The second-order valence-corrected chi connectivity index (χ2v) is 3.85. The van der Waals surface area contributed by atoms with Crippen LogP contribution in [0.25, 0.3) is 16.7 Å². The number of allylic oxidation sites excluding steroid dienone is 2. The molecule has 0 unspecified atom stereocenters. The van der Waals surface area contributed by atoms with Crippen molar-refractivity contribution < 1.29 is 0 Å². The average molecular weight is 250 g/mol. The smallest absolute Gasteiger partial charge is 0.113 e. The maximum Gasteiger partial charge on any atom is 0.113 e. The summed E-state index contributed by atoms with van der Waals surface area (Å²) in [6.45, 7) is 7.36. The minimum absolute atomic E-state index is 0.631. The number of nitrogens with zero attached hydrogens (tertiary/aromatic N) is 4. The highest BCUT2D eigenvalue weighted by Gasteiger charge is 2.03. The summed E-state index contributed by atoms with van der Waals surface area (Å²) in [4.78, 5) is 4.27. The zero-order chi connectivity index (χ0) is 13.7. The zero-order valence-corrected chi connectivity index (χ0v) is 11.0. The largest absolute Gasteiger partial charge is 0.246 e. The molecule has 0 aliphatic heterocycles. The fraction of sp³-hybridized carbons (Fsp3) is 0.133. The predicted octanol–water partition coefficient (Wildman–Crippen LogP) is 2.90. The average Bonchev–Trinajstić information content (AvgIpc) is 2.87. The molecule has 0 spiro atoms. The summed E-state index contributed by atoms with van der Waals surface area (Å²) in [6, 6.07) is 7.78. The molecule has 94 valence electrons. The van der Waals surface area contributed by atoms with Crippen molar-refractivity contribution >= 4 is 22.4 Å². The Morgan fingerprint density at radius 2 is 2.21 bits per heavy atom. The highest BCUT2D eigenvalue weighted by atomic mass is 15.4. The van der Waals surface area contributed by atoms with Gasteiger partial charge in [-0.25, -0.2) is 9.67 Å². The van der Waals surface area contributed by atoms with Crippen molar-refractivity contribution in [3.63, 3.8) is 0 Å². The van der Waals surface area contributed by atoms with Crippen LogP contribution in [0.3, 0.4) is 0 Å².